The van der Waals surface area contributed by atoms with E-state index < -0.39 is 10.0 Å². The Bertz CT molecular complexity index is 612. The summed E-state index contributed by atoms with van der Waals surface area (Å²) >= 11 is 0. The fraction of sp³-hybridized carbons (Fsp3) is 0.400. The second-order valence-electron chi connectivity index (χ2n) is 5.08. The molecule has 0 unspecified atom stereocenters. The minimum absolute atomic E-state index is 0.0651. The van der Waals surface area contributed by atoms with E-state index in [-0.39, 0.29) is 17.3 Å². The van der Waals surface area contributed by atoms with E-state index in [2.05, 4.69) is 16.6 Å². The Morgan fingerprint density at radius 1 is 1.36 bits per heavy atom. The Balaban J connectivity index is 2.71. The largest absolute Gasteiger partial charge is 0.352 e. The van der Waals surface area contributed by atoms with Crippen LogP contribution < -0.4 is 10.0 Å². The highest BCUT2D eigenvalue weighted by molar-refractivity contribution is 7.89. The van der Waals surface area contributed by atoms with Gasteiger partial charge in [0.05, 0.1) is 4.90 Å². The molecule has 0 aromatic heterocycles. The first-order chi connectivity index (χ1) is 10.4. The SMILES string of the molecule is C=CCNS(=O)(=O)c1cccc(C(=O)NCCCN(C)C)c1. The molecule has 0 aliphatic rings. The molecule has 1 amide bonds. The van der Waals surface area contributed by atoms with Crippen LogP contribution in [0.15, 0.2) is 41.8 Å². The number of nitrogens with one attached hydrogen (secondary N) is 2. The van der Waals surface area contributed by atoms with Crippen LogP contribution in [0.3, 0.4) is 0 Å². The molecule has 0 saturated heterocycles. The highest BCUT2D eigenvalue weighted by Crippen LogP contribution is 2.11. The van der Waals surface area contributed by atoms with Crippen molar-refractivity contribution in [3.63, 3.8) is 0 Å². The number of benzene rings is 1. The highest BCUT2D eigenvalue weighted by atomic mass is 32.2. The van der Waals surface area contributed by atoms with Crippen molar-refractivity contribution in [2.45, 2.75) is 11.3 Å². The molecule has 0 atom stereocenters. The topological polar surface area (TPSA) is 78.5 Å². The van der Waals surface area contributed by atoms with Crippen LogP contribution in [0.4, 0.5) is 0 Å². The lowest BCUT2D eigenvalue weighted by atomic mass is 10.2. The number of sulfonamides is 1. The molecule has 6 nitrogen and oxygen atoms in total. The number of rotatable bonds is 9. The zero-order valence-corrected chi connectivity index (χ0v) is 13.8. The zero-order valence-electron chi connectivity index (χ0n) is 13.0. The first kappa shape index (κ1) is 18.3. The van der Waals surface area contributed by atoms with Gasteiger partial charge in [-0.05, 0) is 45.3 Å². The van der Waals surface area contributed by atoms with Gasteiger partial charge in [-0.3, -0.25) is 4.79 Å². The summed E-state index contributed by atoms with van der Waals surface area (Å²) in [4.78, 5) is 14.1. The predicted octanol–water partition coefficient (Wildman–Crippen LogP) is 0.832. The van der Waals surface area contributed by atoms with Gasteiger partial charge in [0.2, 0.25) is 10.0 Å². The van der Waals surface area contributed by atoms with Crippen molar-refractivity contribution in [3.8, 4) is 0 Å². The maximum atomic E-state index is 12.0. The number of hydrogen-bond acceptors (Lipinski definition) is 4. The number of hydrogen-bond donors (Lipinski definition) is 2. The van der Waals surface area contributed by atoms with Crippen LogP contribution in [0.2, 0.25) is 0 Å². The monoisotopic (exact) mass is 325 g/mol. The first-order valence-corrected chi connectivity index (χ1v) is 8.48. The van der Waals surface area contributed by atoms with Crippen molar-refractivity contribution in [3.05, 3.63) is 42.5 Å². The summed E-state index contributed by atoms with van der Waals surface area (Å²) in [6.45, 7) is 5.02. The van der Waals surface area contributed by atoms with E-state index in [0.29, 0.717) is 12.1 Å². The van der Waals surface area contributed by atoms with Gasteiger partial charge in [-0.1, -0.05) is 12.1 Å². The number of amides is 1. The molecule has 7 heteroatoms. The van der Waals surface area contributed by atoms with Crippen LogP contribution in [0, 0.1) is 0 Å². The Morgan fingerprint density at radius 2 is 2.09 bits per heavy atom. The molecule has 0 fully saturated rings. The first-order valence-electron chi connectivity index (χ1n) is 7.00. The molecule has 1 rings (SSSR count). The van der Waals surface area contributed by atoms with Crippen molar-refractivity contribution in [1.29, 1.82) is 0 Å². The van der Waals surface area contributed by atoms with Gasteiger partial charge in [-0.25, -0.2) is 13.1 Å². The molecule has 0 spiro atoms. The van der Waals surface area contributed by atoms with Gasteiger partial charge in [0.15, 0.2) is 0 Å². The third-order valence-electron chi connectivity index (χ3n) is 2.89. The molecule has 122 valence electrons. The van der Waals surface area contributed by atoms with Gasteiger partial charge >= 0.3 is 0 Å². The van der Waals surface area contributed by atoms with Gasteiger partial charge in [-0.15, -0.1) is 6.58 Å². The van der Waals surface area contributed by atoms with Gasteiger partial charge in [0.25, 0.3) is 5.91 Å². The average Bonchev–Trinajstić information content (AvgIpc) is 2.49. The second-order valence-corrected chi connectivity index (χ2v) is 6.85. The molecule has 0 heterocycles. The van der Waals surface area contributed by atoms with Crippen LogP contribution in [0.25, 0.3) is 0 Å². The lowest BCUT2D eigenvalue weighted by Gasteiger charge is -2.10. The van der Waals surface area contributed by atoms with E-state index in [1.165, 1.54) is 18.2 Å². The average molecular weight is 325 g/mol. The van der Waals surface area contributed by atoms with Crippen LogP contribution in [-0.4, -0.2) is 53.0 Å². The number of carbonyl (C=O) groups is 1. The fourth-order valence-corrected chi connectivity index (χ4v) is 2.80. The zero-order chi connectivity index (χ0) is 16.6. The predicted molar refractivity (Wildman–Crippen MR) is 87.3 cm³/mol. The molecule has 1 aromatic carbocycles. The molecule has 22 heavy (non-hydrogen) atoms. The summed E-state index contributed by atoms with van der Waals surface area (Å²) in [5.74, 6) is -0.278. The third kappa shape index (κ3) is 5.97. The summed E-state index contributed by atoms with van der Waals surface area (Å²) in [5, 5.41) is 2.78. The van der Waals surface area contributed by atoms with Crippen LogP contribution >= 0.6 is 0 Å². The van der Waals surface area contributed by atoms with Gasteiger partial charge in [0.1, 0.15) is 0 Å². The van der Waals surface area contributed by atoms with Crippen LogP contribution in [-0.2, 0) is 10.0 Å². The van der Waals surface area contributed by atoms with Crippen molar-refractivity contribution in [2.75, 3.05) is 33.7 Å². The van der Waals surface area contributed by atoms with Gasteiger partial charge in [0, 0.05) is 18.7 Å². The smallest absolute Gasteiger partial charge is 0.251 e. The third-order valence-corrected chi connectivity index (χ3v) is 4.31. The quantitative estimate of drug-likeness (QED) is 0.521. The van der Waals surface area contributed by atoms with Crippen molar-refractivity contribution in [1.82, 2.24) is 14.9 Å². The van der Waals surface area contributed by atoms with Crippen molar-refractivity contribution < 1.29 is 13.2 Å². The summed E-state index contributed by atoms with van der Waals surface area (Å²) < 4.78 is 26.4. The normalized spacial score (nSPS) is 11.4. The van der Waals surface area contributed by atoms with Crippen molar-refractivity contribution >= 4 is 15.9 Å². The maximum Gasteiger partial charge on any atom is 0.251 e. The molecule has 0 aliphatic heterocycles. The molecule has 0 radical (unpaired) electrons. The highest BCUT2D eigenvalue weighted by Gasteiger charge is 2.15. The standard InChI is InChI=1S/C15H23N3O3S/c1-4-9-17-22(20,21)14-8-5-7-13(12-14)15(19)16-10-6-11-18(2)3/h4-5,7-8,12,17H,1,6,9-11H2,2-3H3,(H,16,19). The summed E-state index contributed by atoms with van der Waals surface area (Å²) in [7, 11) is 0.307. The number of carbonyl (C=O) groups excluding carboxylic acids is 1. The summed E-state index contributed by atoms with van der Waals surface area (Å²) in [5.41, 5.74) is 0.325. The van der Waals surface area contributed by atoms with Crippen LogP contribution in [0.1, 0.15) is 16.8 Å². The fourth-order valence-electron chi connectivity index (χ4n) is 1.76. The Hall–Kier alpha value is -1.70. The summed E-state index contributed by atoms with van der Waals surface area (Å²) in [6.07, 6.45) is 2.29. The molecular formula is C15H23N3O3S. The summed E-state index contributed by atoms with van der Waals surface area (Å²) in [6, 6.07) is 5.96. The molecule has 2 N–H and O–H groups in total. The molecule has 1 aromatic rings. The molecular weight excluding hydrogens is 302 g/mol. The lowest BCUT2D eigenvalue weighted by molar-refractivity contribution is 0.0952. The minimum Gasteiger partial charge on any atom is -0.352 e. The lowest BCUT2D eigenvalue weighted by Crippen LogP contribution is -2.28. The number of nitrogens with zero attached hydrogens (tertiary/aromatic N) is 1. The van der Waals surface area contributed by atoms with E-state index >= 15 is 0 Å². The van der Waals surface area contributed by atoms with E-state index in [0.717, 1.165) is 13.0 Å². The van der Waals surface area contributed by atoms with E-state index in [1.807, 2.05) is 19.0 Å². The molecule has 0 bridgehead atoms. The maximum absolute atomic E-state index is 12.0. The van der Waals surface area contributed by atoms with Crippen LogP contribution in [0.5, 0.6) is 0 Å². The van der Waals surface area contributed by atoms with E-state index in [9.17, 15) is 13.2 Å². The minimum atomic E-state index is -3.62. The second kappa shape index (κ2) is 8.67. The van der Waals surface area contributed by atoms with Crippen molar-refractivity contribution in [2.24, 2.45) is 0 Å². The van der Waals surface area contributed by atoms with E-state index in [1.54, 1.807) is 12.1 Å². The Kier molecular flexibility index (Phi) is 7.23. The molecule has 0 saturated carbocycles. The van der Waals surface area contributed by atoms with Gasteiger partial charge in [-0.2, -0.15) is 0 Å². The Morgan fingerprint density at radius 3 is 2.73 bits per heavy atom. The van der Waals surface area contributed by atoms with E-state index in [4.69, 9.17) is 0 Å². The molecule has 0 aliphatic carbocycles. The van der Waals surface area contributed by atoms with Gasteiger partial charge < -0.3 is 10.2 Å². The Labute approximate surface area is 132 Å².